The van der Waals surface area contributed by atoms with Crippen LogP contribution in [0.1, 0.15) is 6.92 Å². The van der Waals surface area contributed by atoms with Crippen molar-refractivity contribution < 1.29 is 14.2 Å². The number of rotatable bonds is 9. The Labute approximate surface area is 102 Å². The number of pyridine rings is 1. The first kappa shape index (κ1) is 13.7. The molecule has 1 rings (SSSR count). The fraction of sp³-hybridized carbons (Fsp3) is 0.583. The third kappa shape index (κ3) is 6.09. The van der Waals surface area contributed by atoms with E-state index < -0.39 is 0 Å². The van der Waals surface area contributed by atoms with Gasteiger partial charge < -0.3 is 19.5 Å². The van der Waals surface area contributed by atoms with Crippen LogP contribution < -0.4 is 10.1 Å². The second-order valence-electron chi connectivity index (χ2n) is 3.36. The molecule has 0 fully saturated rings. The Morgan fingerprint density at radius 2 is 2.06 bits per heavy atom. The molecule has 0 aromatic carbocycles. The largest absolute Gasteiger partial charge is 0.491 e. The molecule has 5 heteroatoms. The van der Waals surface area contributed by atoms with E-state index in [-0.39, 0.29) is 0 Å². The maximum atomic E-state index is 5.53. The Morgan fingerprint density at radius 3 is 2.82 bits per heavy atom. The molecule has 0 saturated heterocycles. The predicted molar refractivity (Wildman–Crippen MR) is 66.6 cm³/mol. The summed E-state index contributed by atoms with van der Waals surface area (Å²) in [5.74, 6) is 1.62. The molecule has 0 saturated carbocycles. The number of anilines is 1. The molecule has 0 aliphatic rings. The van der Waals surface area contributed by atoms with Crippen LogP contribution >= 0.6 is 0 Å². The molecule has 1 aromatic heterocycles. The van der Waals surface area contributed by atoms with Gasteiger partial charge in [-0.3, -0.25) is 0 Å². The summed E-state index contributed by atoms with van der Waals surface area (Å²) in [7, 11) is 1.65. The Kier molecular flexibility index (Phi) is 7.09. The van der Waals surface area contributed by atoms with Crippen molar-refractivity contribution in [3.63, 3.8) is 0 Å². The second kappa shape index (κ2) is 8.78. The standard InChI is InChI=1S/C12H20N2O3/c1-3-13-12-10-11(4-5-14-12)17-9-8-16-7-6-15-2/h4-5,10H,3,6-9H2,1-2H3,(H,13,14). The highest BCUT2D eigenvalue weighted by atomic mass is 16.5. The van der Waals surface area contributed by atoms with Crippen molar-refractivity contribution in [1.29, 1.82) is 0 Å². The average molecular weight is 240 g/mol. The third-order valence-corrected chi connectivity index (χ3v) is 2.02. The van der Waals surface area contributed by atoms with E-state index in [0.29, 0.717) is 26.4 Å². The van der Waals surface area contributed by atoms with Crippen LogP contribution in [0.3, 0.4) is 0 Å². The van der Waals surface area contributed by atoms with Gasteiger partial charge in [0.15, 0.2) is 0 Å². The molecule has 17 heavy (non-hydrogen) atoms. The van der Waals surface area contributed by atoms with Crippen LogP contribution in [-0.2, 0) is 9.47 Å². The smallest absolute Gasteiger partial charge is 0.129 e. The molecule has 0 radical (unpaired) electrons. The van der Waals surface area contributed by atoms with E-state index in [1.54, 1.807) is 13.3 Å². The predicted octanol–water partition coefficient (Wildman–Crippen LogP) is 1.56. The van der Waals surface area contributed by atoms with E-state index in [1.165, 1.54) is 0 Å². The van der Waals surface area contributed by atoms with Crippen molar-refractivity contribution in [2.75, 3.05) is 45.4 Å². The van der Waals surface area contributed by atoms with Crippen LogP contribution in [0.4, 0.5) is 5.82 Å². The molecule has 0 unspecified atom stereocenters. The summed E-state index contributed by atoms with van der Waals surface area (Å²) in [5, 5.41) is 3.13. The van der Waals surface area contributed by atoms with Gasteiger partial charge in [0.25, 0.3) is 0 Å². The summed E-state index contributed by atoms with van der Waals surface area (Å²) in [6, 6.07) is 3.70. The maximum absolute atomic E-state index is 5.53. The minimum atomic E-state index is 0.527. The highest BCUT2D eigenvalue weighted by Crippen LogP contribution is 2.13. The minimum Gasteiger partial charge on any atom is -0.491 e. The summed E-state index contributed by atoms with van der Waals surface area (Å²) in [4.78, 5) is 4.16. The first-order valence-corrected chi connectivity index (χ1v) is 5.76. The van der Waals surface area contributed by atoms with Crippen LogP contribution in [0.2, 0.25) is 0 Å². The number of hydrogen-bond donors (Lipinski definition) is 1. The topological polar surface area (TPSA) is 52.6 Å². The number of ether oxygens (including phenoxy) is 3. The number of nitrogens with zero attached hydrogens (tertiary/aromatic N) is 1. The maximum Gasteiger partial charge on any atom is 0.129 e. The van der Waals surface area contributed by atoms with Gasteiger partial charge in [0, 0.05) is 25.9 Å². The number of methoxy groups -OCH3 is 1. The summed E-state index contributed by atoms with van der Waals surface area (Å²) >= 11 is 0. The van der Waals surface area contributed by atoms with Crippen molar-refractivity contribution in [2.24, 2.45) is 0 Å². The fourth-order valence-electron chi connectivity index (χ4n) is 1.24. The van der Waals surface area contributed by atoms with Crippen molar-refractivity contribution in [3.05, 3.63) is 18.3 Å². The molecule has 0 bridgehead atoms. The number of nitrogens with one attached hydrogen (secondary N) is 1. The van der Waals surface area contributed by atoms with Crippen molar-refractivity contribution in [2.45, 2.75) is 6.92 Å². The van der Waals surface area contributed by atoms with Gasteiger partial charge in [0.05, 0.1) is 19.8 Å². The van der Waals surface area contributed by atoms with Crippen LogP contribution in [0.25, 0.3) is 0 Å². The van der Waals surface area contributed by atoms with Gasteiger partial charge in [0.2, 0.25) is 0 Å². The zero-order valence-corrected chi connectivity index (χ0v) is 10.4. The minimum absolute atomic E-state index is 0.527. The van der Waals surface area contributed by atoms with Gasteiger partial charge in [-0.25, -0.2) is 4.98 Å². The third-order valence-electron chi connectivity index (χ3n) is 2.02. The Morgan fingerprint density at radius 1 is 1.24 bits per heavy atom. The SMILES string of the molecule is CCNc1cc(OCCOCCOC)ccn1. The molecule has 0 spiro atoms. The summed E-state index contributed by atoms with van der Waals surface area (Å²) < 4.78 is 15.7. The number of hydrogen-bond acceptors (Lipinski definition) is 5. The zero-order valence-electron chi connectivity index (χ0n) is 10.4. The quantitative estimate of drug-likeness (QED) is 0.664. The lowest BCUT2D eigenvalue weighted by molar-refractivity contribution is 0.0544. The van der Waals surface area contributed by atoms with Crippen LogP contribution in [-0.4, -0.2) is 45.1 Å². The van der Waals surface area contributed by atoms with Crippen LogP contribution in [0, 0.1) is 0 Å². The zero-order chi connectivity index (χ0) is 12.3. The van der Waals surface area contributed by atoms with Gasteiger partial charge in [-0.1, -0.05) is 0 Å². The Hall–Kier alpha value is -1.33. The summed E-state index contributed by atoms with van der Waals surface area (Å²) in [6.07, 6.45) is 1.72. The lowest BCUT2D eigenvalue weighted by Gasteiger charge is -2.08. The lowest BCUT2D eigenvalue weighted by Crippen LogP contribution is -2.10. The molecule has 0 aliphatic heterocycles. The molecule has 96 valence electrons. The first-order chi connectivity index (χ1) is 8.36. The average Bonchev–Trinajstić information content (AvgIpc) is 2.35. The van der Waals surface area contributed by atoms with Gasteiger partial charge in [-0.05, 0) is 13.0 Å². The Bertz CT molecular complexity index is 308. The van der Waals surface area contributed by atoms with Crippen molar-refractivity contribution >= 4 is 5.82 Å². The number of aromatic nitrogens is 1. The van der Waals surface area contributed by atoms with Crippen LogP contribution in [0.15, 0.2) is 18.3 Å². The molecular weight excluding hydrogens is 220 g/mol. The summed E-state index contributed by atoms with van der Waals surface area (Å²) in [5.41, 5.74) is 0. The molecule has 1 N–H and O–H groups in total. The molecule has 1 heterocycles. The normalized spacial score (nSPS) is 10.2. The van der Waals surface area contributed by atoms with E-state index in [0.717, 1.165) is 18.1 Å². The summed E-state index contributed by atoms with van der Waals surface area (Å²) in [6.45, 7) is 5.16. The van der Waals surface area contributed by atoms with E-state index in [9.17, 15) is 0 Å². The van der Waals surface area contributed by atoms with Crippen molar-refractivity contribution in [1.82, 2.24) is 4.98 Å². The van der Waals surface area contributed by atoms with Gasteiger partial charge in [-0.2, -0.15) is 0 Å². The van der Waals surface area contributed by atoms with E-state index >= 15 is 0 Å². The molecule has 5 nitrogen and oxygen atoms in total. The molecule has 0 aliphatic carbocycles. The molecular formula is C12H20N2O3. The monoisotopic (exact) mass is 240 g/mol. The van der Waals surface area contributed by atoms with E-state index in [2.05, 4.69) is 10.3 Å². The lowest BCUT2D eigenvalue weighted by atomic mass is 10.4. The highest BCUT2D eigenvalue weighted by molar-refractivity contribution is 5.40. The van der Waals surface area contributed by atoms with Gasteiger partial charge >= 0.3 is 0 Å². The highest BCUT2D eigenvalue weighted by Gasteiger charge is 1.97. The Balaban J connectivity index is 2.19. The van der Waals surface area contributed by atoms with Gasteiger partial charge in [0.1, 0.15) is 18.2 Å². The second-order valence-corrected chi connectivity index (χ2v) is 3.36. The van der Waals surface area contributed by atoms with Crippen LogP contribution in [0.5, 0.6) is 5.75 Å². The molecule has 0 amide bonds. The molecule has 1 aromatic rings. The first-order valence-electron chi connectivity index (χ1n) is 5.76. The van der Waals surface area contributed by atoms with Gasteiger partial charge in [-0.15, -0.1) is 0 Å². The van der Waals surface area contributed by atoms with Crippen molar-refractivity contribution in [3.8, 4) is 5.75 Å². The van der Waals surface area contributed by atoms with E-state index in [4.69, 9.17) is 14.2 Å². The fourth-order valence-corrected chi connectivity index (χ4v) is 1.24. The molecule has 0 atom stereocenters. The van der Waals surface area contributed by atoms with E-state index in [1.807, 2.05) is 19.1 Å².